The number of hydrogen-bond donors (Lipinski definition) is 2. The average molecular weight is 721 g/mol. The number of piperidine rings is 1. The summed E-state index contributed by atoms with van der Waals surface area (Å²) in [6.07, 6.45) is 8.68. The van der Waals surface area contributed by atoms with Gasteiger partial charge in [0, 0.05) is 42.7 Å². The lowest BCUT2D eigenvalue weighted by atomic mass is 10.1. The Hall–Kier alpha value is -3.43. The van der Waals surface area contributed by atoms with E-state index in [4.69, 9.17) is 29.1 Å². The second-order valence-corrected chi connectivity index (χ2v) is 22.5. The molecule has 2 atom stereocenters. The van der Waals surface area contributed by atoms with E-state index < -0.39 is 23.9 Å². The van der Waals surface area contributed by atoms with Gasteiger partial charge < -0.3 is 19.4 Å². The minimum absolute atomic E-state index is 0.147. The summed E-state index contributed by atoms with van der Waals surface area (Å²) in [6, 6.07) is 10.7. The molecule has 2 fully saturated rings. The second-order valence-electron chi connectivity index (χ2n) is 16.0. The summed E-state index contributed by atoms with van der Waals surface area (Å²) >= 11 is 0. The van der Waals surface area contributed by atoms with Crippen molar-refractivity contribution in [3.05, 3.63) is 48.9 Å². The van der Waals surface area contributed by atoms with Crippen LogP contribution in [0.2, 0.25) is 18.1 Å². The number of rotatable bonds is 9. The molecule has 270 valence electrons. The van der Waals surface area contributed by atoms with Crippen molar-refractivity contribution in [1.82, 2.24) is 29.2 Å². The number of hydrogen-bond acceptors (Lipinski definition) is 10. The van der Waals surface area contributed by atoms with Gasteiger partial charge in [0.05, 0.1) is 17.3 Å². The Kier molecular flexibility index (Phi) is 10.1. The number of nitrogens with zero attached hydrogens (tertiary/aromatic N) is 6. The first-order chi connectivity index (χ1) is 23.5. The van der Waals surface area contributed by atoms with E-state index in [-0.39, 0.29) is 22.3 Å². The lowest BCUT2D eigenvalue weighted by Crippen LogP contribution is -2.49. The highest BCUT2D eigenvalue weighted by molar-refractivity contribution is 7.89. The van der Waals surface area contributed by atoms with Crippen molar-refractivity contribution in [2.45, 2.75) is 115 Å². The number of benzene rings is 1. The molecule has 0 spiro atoms. The molecular formula is C36H52N8O4SSi. The predicted molar refractivity (Wildman–Crippen MR) is 201 cm³/mol. The summed E-state index contributed by atoms with van der Waals surface area (Å²) in [6.45, 7) is 19.3. The van der Waals surface area contributed by atoms with Crippen LogP contribution in [0.1, 0.15) is 79.9 Å². The van der Waals surface area contributed by atoms with Crippen LogP contribution in [0.3, 0.4) is 0 Å². The minimum Gasteiger partial charge on any atom is -0.412 e. The minimum atomic E-state index is -3.74. The molecule has 1 aromatic carbocycles. The number of nitrogens with one attached hydrogen (secondary N) is 2. The number of sulfonamides is 1. The molecule has 2 aliphatic rings. The third-order valence-electron chi connectivity index (χ3n) is 9.72. The Morgan fingerprint density at radius 3 is 2.46 bits per heavy atom. The monoisotopic (exact) mass is 720 g/mol. The van der Waals surface area contributed by atoms with E-state index in [1.54, 1.807) is 30.6 Å². The first kappa shape index (κ1) is 36.4. The van der Waals surface area contributed by atoms with E-state index >= 15 is 0 Å². The molecule has 2 saturated heterocycles. The van der Waals surface area contributed by atoms with Crippen molar-refractivity contribution in [3.8, 4) is 11.3 Å². The van der Waals surface area contributed by atoms with Crippen molar-refractivity contribution < 1.29 is 17.6 Å². The Bertz CT molecular complexity index is 1910. The number of aromatic nitrogens is 5. The van der Waals surface area contributed by atoms with Crippen LogP contribution in [0.15, 0.2) is 53.8 Å². The van der Waals surface area contributed by atoms with Gasteiger partial charge >= 0.3 is 0 Å². The zero-order valence-corrected chi connectivity index (χ0v) is 32.5. The smallest absolute Gasteiger partial charge is 0.241 e. The van der Waals surface area contributed by atoms with Gasteiger partial charge in [0.25, 0.3) is 0 Å². The number of imidazole rings is 1. The number of fused-ring (bicyclic) bond motifs is 1. The fraction of sp³-hybridized carbons (Fsp3) is 0.556. The molecule has 5 heterocycles. The summed E-state index contributed by atoms with van der Waals surface area (Å²) in [5.41, 5.74) is 2.62. The zero-order valence-electron chi connectivity index (χ0n) is 30.7. The molecule has 0 saturated carbocycles. The van der Waals surface area contributed by atoms with Gasteiger partial charge in [-0.1, -0.05) is 26.8 Å². The molecule has 3 aromatic heterocycles. The maximum Gasteiger partial charge on any atom is 0.241 e. The van der Waals surface area contributed by atoms with E-state index in [1.807, 2.05) is 43.7 Å². The Morgan fingerprint density at radius 2 is 1.78 bits per heavy atom. The van der Waals surface area contributed by atoms with Gasteiger partial charge in [0.15, 0.2) is 14.0 Å². The average Bonchev–Trinajstić information content (AvgIpc) is 3.47. The summed E-state index contributed by atoms with van der Waals surface area (Å²) < 4.78 is 43.8. The van der Waals surface area contributed by atoms with Crippen LogP contribution in [-0.4, -0.2) is 72.6 Å². The SMILES string of the molecule is CC(C)(C)NS(=O)(=O)c1cccc(Nc2nc(-c3ccc(N4CCCC(O[Si](C)(C)C(C)(C)C)C4)nc3)c3ncn(C4CCCCO4)c3n2)c1. The van der Waals surface area contributed by atoms with Crippen molar-refractivity contribution in [2.75, 3.05) is 29.9 Å². The molecule has 0 amide bonds. The third kappa shape index (κ3) is 8.20. The van der Waals surface area contributed by atoms with E-state index in [1.165, 1.54) is 0 Å². The Balaban J connectivity index is 1.31. The summed E-state index contributed by atoms with van der Waals surface area (Å²) in [4.78, 5) is 21.9. The molecule has 2 unspecified atom stereocenters. The van der Waals surface area contributed by atoms with E-state index in [9.17, 15) is 8.42 Å². The van der Waals surface area contributed by atoms with Crippen molar-refractivity contribution in [3.63, 3.8) is 0 Å². The Labute approximate surface area is 297 Å². The highest BCUT2D eigenvalue weighted by Crippen LogP contribution is 2.39. The van der Waals surface area contributed by atoms with E-state index in [0.29, 0.717) is 35.1 Å². The highest BCUT2D eigenvalue weighted by atomic mass is 32.2. The molecule has 4 aromatic rings. The van der Waals surface area contributed by atoms with Gasteiger partial charge in [-0.2, -0.15) is 4.98 Å². The standard InChI is InChI=1S/C36H52N8O4SSi/c1-35(2,3)42-49(45,46)28-15-11-13-26(21-28)39-34-40-31(32-33(41-34)44(24-38-32)30-16-9-10-20-47-30)25-17-18-29(37-22-25)43-19-12-14-27(23-43)48-50(7,8)36(4,5)6/h11,13,15,17-18,21-22,24,27,30,42H,9-10,12,14,16,19-20,23H2,1-8H3,(H,39,40,41). The van der Waals surface area contributed by atoms with Crippen LogP contribution in [-0.2, 0) is 19.2 Å². The van der Waals surface area contributed by atoms with Gasteiger partial charge in [0.2, 0.25) is 16.0 Å². The van der Waals surface area contributed by atoms with Crippen molar-refractivity contribution >= 4 is 47.0 Å². The fourth-order valence-corrected chi connectivity index (χ4v) is 9.05. The normalized spacial score (nSPS) is 19.6. The lowest BCUT2D eigenvalue weighted by molar-refractivity contribution is -0.0298. The lowest BCUT2D eigenvalue weighted by Gasteiger charge is -2.42. The molecule has 50 heavy (non-hydrogen) atoms. The van der Waals surface area contributed by atoms with Crippen LogP contribution in [0.4, 0.5) is 17.5 Å². The van der Waals surface area contributed by atoms with Gasteiger partial charge in [-0.25, -0.2) is 28.1 Å². The predicted octanol–water partition coefficient (Wildman–Crippen LogP) is 7.40. The Morgan fingerprint density at radius 1 is 0.980 bits per heavy atom. The second kappa shape index (κ2) is 13.9. The largest absolute Gasteiger partial charge is 0.412 e. The molecule has 12 nitrogen and oxygen atoms in total. The number of ether oxygens (including phenoxy) is 1. The molecular weight excluding hydrogens is 669 g/mol. The number of pyridine rings is 1. The van der Waals surface area contributed by atoms with E-state index in [0.717, 1.165) is 56.6 Å². The van der Waals surface area contributed by atoms with Crippen LogP contribution >= 0.6 is 0 Å². The summed E-state index contributed by atoms with van der Waals surface area (Å²) in [7, 11) is -5.63. The quantitative estimate of drug-likeness (QED) is 0.168. The topological polar surface area (TPSA) is 136 Å². The molecule has 14 heteroatoms. The first-order valence-corrected chi connectivity index (χ1v) is 22.0. The van der Waals surface area contributed by atoms with Crippen LogP contribution < -0.4 is 14.9 Å². The molecule has 0 bridgehead atoms. The van der Waals surface area contributed by atoms with Gasteiger partial charge in [-0.3, -0.25) is 4.57 Å². The molecule has 2 aliphatic heterocycles. The summed E-state index contributed by atoms with van der Waals surface area (Å²) in [5.74, 6) is 1.22. The van der Waals surface area contributed by atoms with Crippen molar-refractivity contribution in [2.24, 2.45) is 0 Å². The van der Waals surface area contributed by atoms with Gasteiger partial charge in [-0.05, 0) is 101 Å². The molecule has 2 N–H and O–H groups in total. The zero-order chi connectivity index (χ0) is 35.9. The summed E-state index contributed by atoms with van der Waals surface area (Å²) in [5, 5.41) is 3.42. The van der Waals surface area contributed by atoms with Crippen LogP contribution in [0.5, 0.6) is 0 Å². The molecule has 0 aliphatic carbocycles. The third-order valence-corrected chi connectivity index (χ3v) is 16.0. The van der Waals surface area contributed by atoms with Crippen LogP contribution in [0, 0.1) is 0 Å². The maximum absolute atomic E-state index is 13.1. The highest BCUT2D eigenvalue weighted by Gasteiger charge is 2.40. The van der Waals surface area contributed by atoms with Gasteiger partial charge in [-0.15, -0.1) is 0 Å². The maximum atomic E-state index is 13.1. The van der Waals surface area contributed by atoms with E-state index in [2.05, 4.69) is 48.8 Å². The first-order valence-electron chi connectivity index (χ1n) is 17.7. The number of anilines is 3. The fourth-order valence-electron chi connectivity index (χ4n) is 6.21. The molecule has 0 radical (unpaired) electrons. The van der Waals surface area contributed by atoms with Gasteiger partial charge in [0.1, 0.15) is 23.3 Å². The van der Waals surface area contributed by atoms with Crippen molar-refractivity contribution in [1.29, 1.82) is 0 Å². The van der Waals surface area contributed by atoms with Crippen LogP contribution in [0.25, 0.3) is 22.4 Å². The molecule has 6 rings (SSSR count).